The summed E-state index contributed by atoms with van der Waals surface area (Å²) in [7, 11) is 0. The van der Waals surface area contributed by atoms with E-state index in [0.717, 1.165) is 35.0 Å². The number of rotatable bonds is 3. The minimum atomic E-state index is -0.478. The molecule has 1 aromatic heterocycles. The maximum absolute atomic E-state index is 10.6. The Morgan fingerprint density at radius 1 is 1.39 bits per heavy atom. The van der Waals surface area contributed by atoms with Crippen molar-refractivity contribution in [3.8, 4) is 0 Å². The van der Waals surface area contributed by atoms with Crippen LogP contribution < -0.4 is 5.73 Å². The highest BCUT2D eigenvalue weighted by Crippen LogP contribution is 2.54. The predicted octanol–water partition coefficient (Wildman–Crippen LogP) is 2.32. The first-order valence-electron chi connectivity index (χ1n) is 6.41. The number of aliphatic hydroxyl groups is 1. The fourth-order valence-electron chi connectivity index (χ4n) is 2.65. The van der Waals surface area contributed by atoms with Crippen LogP contribution in [0.5, 0.6) is 0 Å². The fraction of sp³-hybridized carbons (Fsp3) is 0.400. The molecular weight excluding hydrogens is 224 g/mol. The van der Waals surface area contributed by atoms with Gasteiger partial charge in [-0.25, -0.2) is 0 Å². The van der Waals surface area contributed by atoms with Gasteiger partial charge in [-0.1, -0.05) is 18.2 Å². The summed E-state index contributed by atoms with van der Waals surface area (Å²) in [6.45, 7) is 2.51. The molecule has 1 fully saturated rings. The Bertz CT molecular complexity index is 590. The number of nitrogens with two attached hydrogens (primary N) is 1. The molecule has 1 unspecified atom stereocenters. The van der Waals surface area contributed by atoms with E-state index < -0.39 is 6.10 Å². The van der Waals surface area contributed by atoms with E-state index >= 15 is 0 Å². The van der Waals surface area contributed by atoms with Crippen LogP contribution in [0, 0.1) is 12.3 Å². The Hall–Kier alpha value is -1.45. The molecule has 1 heterocycles. The quantitative estimate of drug-likeness (QED) is 0.868. The van der Waals surface area contributed by atoms with E-state index in [4.69, 9.17) is 5.73 Å². The Morgan fingerprint density at radius 3 is 2.78 bits per heavy atom. The number of para-hydroxylation sites is 1. The van der Waals surface area contributed by atoms with E-state index in [9.17, 15) is 5.11 Å². The molecule has 2 aromatic rings. The van der Waals surface area contributed by atoms with Crippen molar-refractivity contribution in [1.82, 2.24) is 4.98 Å². The molecule has 0 amide bonds. The summed E-state index contributed by atoms with van der Waals surface area (Å²) in [6, 6.07) is 9.95. The highest BCUT2D eigenvalue weighted by atomic mass is 16.3. The van der Waals surface area contributed by atoms with E-state index in [1.165, 1.54) is 0 Å². The van der Waals surface area contributed by atoms with Crippen LogP contribution in [-0.2, 0) is 0 Å². The summed E-state index contributed by atoms with van der Waals surface area (Å²) in [4.78, 5) is 4.50. The minimum absolute atomic E-state index is 0.101. The van der Waals surface area contributed by atoms with E-state index in [-0.39, 0.29) is 5.41 Å². The number of pyridine rings is 1. The molecule has 0 bridgehead atoms. The molecule has 1 saturated carbocycles. The van der Waals surface area contributed by atoms with Crippen LogP contribution in [0.1, 0.15) is 30.2 Å². The molecule has 0 radical (unpaired) electrons. The molecular formula is C15H18N2O. The molecule has 3 heteroatoms. The molecule has 1 aliphatic carbocycles. The standard InChI is InChI=1S/C15H18N2O/c1-10-8-12(14(18)15(9-16)6-7-15)11-4-2-3-5-13(11)17-10/h2-5,8,14,18H,6-7,9,16H2,1H3. The first-order chi connectivity index (χ1) is 8.66. The predicted molar refractivity (Wildman–Crippen MR) is 72.2 cm³/mol. The monoisotopic (exact) mass is 242 g/mol. The van der Waals surface area contributed by atoms with Crippen molar-refractivity contribution in [2.45, 2.75) is 25.9 Å². The van der Waals surface area contributed by atoms with Crippen molar-refractivity contribution < 1.29 is 5.11 Å². The average molecular weight is 242 g/mol. The van der Waals surface area contributed by atoms with Crippen molar-refractivity contribution in [3.63, 3.8) is 0 Å². The maximum atomic E-state index is 10.6. The lowest BCUT2D eigenvalue weighted by atomic mass is 9.90. The number of benzene rings is 1. The third kappa shape index (κ3) is 1.71. The maximum Gasteiger partial charge on any atom is 0.0865 e. The molecule has 0 spiro atoms. The largest absolute Gasteiger partial charge is 0.388 e. The second-order valence-electron chi connectivity index (χ2n) is 5.34. The van der Waals surface area contributed by atoms with Gasteiger partial charge in [0.15, 0.2) is 0 Å². The Kier molecular flexibility index (Phi) is 2.61. The molecule has 18 heavy (non-hydrogen) atoms. The van der Waals surface area contributed by atoms with Crippen LogP contribution in [0.25, 0.3) is 10.9 Å². The number of aromatic nitrogens is 1. The normalized spacial score (nSPS) is 18.8. The second kappa shape index (κ2) is 4.04. The lowest BCUT2D eigenvalue weighted by Gasteiger charge is -2.22. The van der Waals surface area contributed by atoms with Crippen LogP contribution in [-0.4, -0.2) is 16.6 Å². The zero-order chi connectivity index (χ0) is 12.8. The van der Waals surface area contributed by atoms with Gasteiger partial charge in [0.1, 0.15) is 0 Å². The minimum Gasteiger partial charge on any atom is -0.388 e. The first kappa shape index (κ1) is 11.6. The zero-order valence-corrected chi connectivity index (χ0v) is 10.6. The summed E-state index contributed by atoms with van der Waals surface area (Å²) in [5.74, 6) is 0. The van der Waals surface area contributed by atoms with Gasteiger partial charge in [-0.2, -0.15) is 0 Å². The third-order valence-corrected chi connectivity index (χ3v) is 4.05. The molecule has 94 valence electrons. The topological polar surface area (TPSA) is 59.1 Å². The van der Waals surface area contributed by atoms with Crippen LogP contribution in [0.15, 0.2) is 30.3 Å². The van der Waals surface area contributed by atoms with Crippen LogP contribution in [0.4, 0.5) is 0 Å². The van der Waals surface area contributed by atoms with Crippen LogP contribution in [0.2, 0.25) is 0 Å². The van der Waals surface area contributed by atoms with Crippen LogP contribution >= 0.6 is 0 Å². The van der Waals surface area contributed by atoms with Gasteiger partial charge in [0.05, 0.1) is 11.6 Å². The number of aliphatic hydroxyl groups excluding tert-OH is 1. The summed E-state index contributed by atoms with van der Waals surface area (Å²) in [5.41, 5.74) is 8.57. The fourth-order valence-corrected chi connectivity index (χ4v) is 2.65. The summed E-state index contributed by atoms with van der Waals surface area (Å²) < 4.78 is 0. The van der Waals surface area contributed by atoms with E-state index in [0.29, 0.717) is 6.54 Å². The van der Waals surface area contributed by atoms with E-state index in [1.807, 2.05) is 37.3 Å². The average Bonchev–Trinajstić information content (AvgIpc) is 3.18. The van der Waals surface area contributed by atoms with Crippen molar-refractivity contribution in [2.75, 3.05) is 6.54 Å². The zero-order valence-electron chi connectivity index (χ0n) is 10.6. The summed E-state index contributed by atoms with van der Waals surface area (Å²) in [6.07, 6.45) is 1.55. The van der Waals surface area contributed by atoms with Crippen molar-refractivity contribution in [3.05, 3.63) is 41.6 Å². The van der Waals surface area contributed by atoms with Crippen LogP contribution in [0.3, 0.4) is 0 Å². The summed E-state index contributed by atoms with van der Waals surface area (Å²) >= 11 is 0. The Balaban J connectivity index is 2.16. The molecule has 0 saturated heterocycles. The molecule has 0 aliphatic heterocycles. The van der Waals surface area contributed by atoms with E-state index in [2.05, 4.69) is 4.98 Å². The van der Waals surface area contributed by atoms with Gasteiger partial charge in [0.2, 0.25) is 0 Å². The van der Waals surface area contributed by atoms with Gasteiger partial charge in [-0.15, -0.1) is 0 Å². The lowest BCUT2D eigenvalue weighted by molar-refractivity contribution is 0.0988. The van der Waals surface area contributed by atoms with E-state index in [1.54, 1.807) is 0 Å². The molecule has 1 aromatic carbocycles. The van der Waals surface area contributed by atoms with Crippen molar-refractivity contribution >= 4 is 10.9 Å². The third-order valence-electron chi connectivity index (χ3n) is 4.05. The number of hydrogen-bond acceptors (Lipinski definition) is 3. The second-order valence-corrected chi connectivity index (χ2v) is 5.34. The highest BCUT2D eigenvalue weighted by molar-refractivity contribution is 5.82. The number of nitrogens with zero attached hydrogens (tertiary/aromatic N) is 1. The van der Waals surface area contributed by atoms with Gasteiger partial charge < -0.3 is 10.8 Å². The van der Waals surface area contributed by atoms with Gasteiger partial charge >= 0.3 is 0 Å². The molecule has 1 aliphatic rings. The highest BCUT2D eigenvalue weighted by Gasteiger charge is 2.48. The van der Waals surface area contributed by atoms with Crippen molar-refractivity contribution in [2.24, 2.45) is 11.1 Å². The molecule has 3 rings (SSSR count). The molecule has 1 atom stereocenters. The summed E-state index contributed by atoms with van der Waals surface area (Å²) in [5, 5.41) is 11.7. The first-order valence-corrected chi connectivity index (χ1v) is 6.41. The number of aryl methyl sites for hydroxylation is 1. The van der Waals surface area contributed by atoms with Gasteiger partial charge in [0, 0.05) is 23.0 Å². The van der Waals surface area contributed by atoms with Gasteiger partial charge in [-0.05, 0) is 37.5 Å². The van der Waals surface area contributed by atoms with Gasteiger partial charge in [-0.3, -0.25) is 4.98 Å². The number of hydrogen-bond donors (Lipinski definition) is 2. The molecule has 3 N–H and O–H groups in total. The SMILES string of the molecule is Cc1cc(C(O)C2(CN)CC2)c2ccccc2n1. The molecule has 3 nitrogen and oxygen atoms in total. The Labute approximate surface area is 107 Å². The lowest BCUT2D eigenvalue weighted by Crippen LogP contribution is -2.23. The van der Waals surface area contributed by atoms with Gasteiger partial charge in [0.25, 0.3) is 0 Å². The Morgan fingerprint density at radius 2 is 2.11 bits per heavy atom. The smallest absolute Gasteiger partial charge is 0.0865 e. The van der Waals surface area contributed by atoms with Crippen molar-refractivity contribution in [1.29, 1.82) is 0 Å². The number of fused-ring (bicyclic) bond motifs is 1.